The molecule has 0 aromatic rings. The van der Waals surface area contributed by atoms with Gasteiger partial charge in [0.2, 0.25) is 0 Å². The van der Waals surface area contributed by atoms with Crippen LogP contribution in [0.3, 0.4) is 0 Å². The fourth-order valence-corrected chi connectivity index (χ4v) is 0.606. The molecule has 0 radical (unpaired) electrons. The summed E-state index contributed by atoms with van der Waals surface area (Å²) in [6.45, 7) is 5.63. The van der Waals surface area contributed by atoms with Gasteiger partial charge in [-0.15, -0.1) is 0 Å². The monoisotopic (exact) mass is 224 g/mol. The molecular weight excluding hydrogens is 208 g/mol. The van der Waals surface area contributed by atoms with Crippen LogP contribution in [0.2, 0.25) is 0 Å². The summed E-state index contributed by atoms with van der Waals surface area (Å²) in [5.41, 5.74) is -2.82. The van der Waals surface area contributed by atoms with Gasteiger partial charge >= 0.3 is 0 Å². The third kappa shape index (κ3) is 2.99. The summed E-state index contributed by atoms with van der Waals surface area (Å²) >= 11 is 0. The van der Waals surface area contributed by atoms with E-state index in [4.69, 9.17) is 10.5 Å². The fourth-order valence-electron chi connectivity index (χ4n) is 0.606. The van der Waals surface area contributed by atoms with Crippen LogP contribution in [0.5, 0.6) is 0 Å². The lowest BCUT2D eigenvalue weighted by Gasteiger charge is -2.23. The van der Waals surface area contributed by atoms with Gasteiger partial charge in [0.25, 0.3) is 0 Å². The molecule has 6 heteroatoms. The van der Waals surface area contributed by atoms with Crippen LogP contribution in [0.1, 0.15) is 27.7 Å². The average molecular weight is 224 g/mol. The molecule has 0 saturated carbocycles. The van der Waals surface area contributed by atoms with Crippen molar-refractivity contribution in [3.05, 3.63) is 0 Å². The zero-order valence-corrected chi connectivity index (χ0v) is 9.84. The van der Waals surface area contributed by atoms with Crippen molar-refractivity contribution < 1.29 is 10.2 Å². The molecule has 0 aromatic carbocycles. The van der Waals surface area contributed by atoms with Crippen LogP contribution < -0.4 is 0 Å². The number of nitrogens with zero attached hydrogens (tertiary/aromatic N) is 4. The molecule has 0 aliphatic heterocycles. The highest BCUT2D eigenvalue weighted by molar-refractivity contribution is 5.11. The van der Waals surface area contributed by atoms with Gasteiger partial charge in [-0.2, -0.15) is 20.8 Å². The molecular formula is C10H16N4O2. The Morgan fingerprint density at radius 3 is 1.31 bits per heavy atom. The molecule has 0 bridgehead atoms. The van der Waals surface area contributed by atoms with E-state index >= 15 is 0 Å². The van der Waals surface area contributed by atoms with E-state index in [1.165, 1.54) is 27.7 Å². The van der Waals surface area contributed by atoms with E-state index in [0.29, 0.717) is 0 Å². The lowest BCUT2D eigenvalue weighted by Crippen LogP contribution is -2.37. The number of nitriles is 2. The van der Waals surface area contributed by atoms with Crippen molar-refractivity contribution in [1.29, 1.82) is 10.5 Å². The highest BCUT2D eigenvalue weighted by Crippen LogP contribution is 2.21. The first-order valence-electron chi connectivity index (χ1n) is 4.84. The molecule has 2 N–H and O–H groups in total. The van der Waals surface area contributed by atoms with Crippen LogP contribution in [0, 0.1) is 22.7 Å². The van der Waals surface area contributed by atoms with Gasteiger partial charge in [0, 0.05) is 0 Å². The molecule has 0 aliphatic rings. The standard InChI is InChI=1S/C10H16N4O2/c1-7(15)9(3,5-11)13-14-10(4,6-12)8(2)16/h7-8,15-16H,1-4H3. The second kappa shape index (κ2) is 5.02. The molecule has 4 atom stereocenters. The van der Waals surface area contributed by atoms with Crippen molar-refractivity contribution in [3.63, 3.8) is 0 Å². The molecule has 6 nitrogen and oxygen atoms in total. The zero-order valence-electron chi connectivity index (χ0n) is 9.84. The number of hydrogen-bond donors (Lipinski definition) is 2. The van der Waals surface area contributed by atoms with Gasteiger partial charge in [-0.3, -0.25) is 0 Å². The Bertz CT molecular complexity index is 319. The van der Waals surface area contributed by atoms with Gasteiger partial charge in [0.05, 0.1) is 24.3 Å². The first-order valence-corrected chi connectivity index (χ1v) is 4.84. The summed E-state index contributed by atoms with van der Waals surface area (Å²) in [5, 5.41) is 43.8. The van der Waals surface area contributed by atoms with Crippen LogP contribution in [0.25, 0.3) is 0 Å². The van der Waals surface area contributed by atoms with E-state index in [0.717, 1.165) is 0 Å². The Kier molecular flexibility index (Phi) is 4.55. The lowest BCUT2D eigenvalue weighted by molar-refractivity contribution is 0.119. The molecule has 0 aliphatic carbocycles. The van der Waals surface area contributed by atoms with E-state index in [9.17, 15) is 10.2 Å². The number of rotatable bonds is 4. The Morgan fingerprint density at radius 2 is 1.19 bits per heavy atom. The number of aliphatic hydroxyl groups excluding tert-OH is 2. The normalized spacial score (nSPS) is 22.5. The molecule has 88 valence electrons. The molecule has 0 saturated heterocycles. The summed E-state index contributed by atoms with van der Waals surface area (Å²) in [6, 6.07) is 3.62. The maximum Gasteiger partial charge on any atom is 0.189 e. The molecule has 0 amide bonds. The van der Waals surface area contributed by atoms with Crippen LogP contribution in [-0.4, -0.2) is 33.5 Å². The lowest BCUT2D eigenvalue weighted by atomic mass is 9.98. The highest BCUT2D eigenvalue weighted by Gasteiger charge is 2.34. The quantitative estimate of drug-likeness (QED) is 0.686. The smallest absolute Gasteiger partial charge is 0.189 e. The summed E-state index contributed by atoms with van der Waals surface area (Å²) in [4.78, 5) is 0. The maximum absolute atomic E-state index is 9.36. The van der Waals surface area contributed by atoms with Crippen molar-refractivity contribution in [2.24, 2.45) is 10.2 Å². The van der Waals surface area contributed by atoms with Crippen LogP contribution in [0.15, 0.2) is 10.2 Å². The fraction of sp³-hybridized carbons (Fsp3) is 0.800. The molecule has 0 rings (SSSR count). The Hall–Kier alpha value is -1.50. The summed E-state index contributed by atoms with van der Waals surface area (Å²) in [5.74, 6) is 0. The van der Waals surface area contributed by atoms with E-state index in [-0.39, 0.29) is 0 Å². The minimum absolute atomic E-state index is 1.02. The third-order valence-electron chi connectivity index (χ3n) is 2.55. The Morgan fingerprint density at radius 1 is 0.938 bits per heavy atom. The average Bonchev–Trinajstić information content (AvgIpc) is 2.24. The maximum atomic E-state index is 9.36. The first-order chi connectivity index (χ1) is 7.22. The van der Waals surface area contributed by atoms with Crippen molar-refractivity contribution in [2.45, 2.75) is 51.0 Å². The van der Waals surface area contributed by atoms with E-state index < -0.39 is 23.3 Å². The molecule has 0 aromatic heterocycles. The van der Waals surface area contributed by atoms with Gasteiger partial charge in [-0.25, -0.2) is 0 Å². The Labute approximate surface area is 94.8 Å². The SMILES string of the molecule is CC(O)C(C)(C#N)N=NC(C)(C#N)C(C)O. The first kappa shape index (κ1) is 14.5. The van der Waals surface area contributed by atoms with Gasteiger partial charge < -0.3 is 10.2 Å². The van der Waals surface area contributed by atoms with Crippen molar-refractivity contribution >= 4 is 0 Å². The molecule has 0 spiro atoms. The number of hydrogen-bond acceptors (Lipinski definition) is 6. The van der Waals surface area contributed by atoms with Crippen LogP contribution >= 0.6 is 0 Å². The predicted molar refractivity (Wildman–Crippen MR) is 56.3 cm³/mol. The topological polar surface area (TPSA) is 113 Å². The van der Waals surface area contributed by atoms with Gasteiger partial charge in [0.1, 0.15) is 0 Å². The summed E-state index contributed by atoms with van der Waals surface area (Å²) in [6.07, 6.45) is -2.03. The van der Waals surface area contributed by atoms with E-state index in [1.807, 2.05) is 12.1 Å². The van der Waals surface area contributed by atoms with Gasteiger partial charge in [0.15, 0.2) is 11.1 Å². The van der Waals surface area contributed by atoms with E-state index in [1.54, 1.807) is 0 Å². The minimum Gasteiger partial charge on any atom is -0.390 e. The molecule has 4 unspecified atom stereocenters. The van der Waals surface area contributed by atoms with Gasteiger partial charge in [-0.05, 0) is 27.7 Å². The molecule has 0 fully saturated rings. The second-order valence-corrected chi connectivity index (χ2v) is 4.07. The zero-order chi connectivity index (χ0) is 13.0. The van der Waals surface area contributed by atoms with Crippen LogP contribution in [0.4, 0.5) is 0 Å². The summed E-state index contributed by atoms with van der Waals surface area (Å²) < 4.78 is 0. The third-order valence-corrected chi connectivity index (χ3v) is 2.55. The number of aliphatic hydroxyl groups is 2. The number of azo groups is 1. The van der Waals surface area contributed by atoms with Crippen LogP contribution in [-0.2, 0) is 0 Å². The predicted octanol–water partition coefficient (Wildman–Crippen LogP) is 0.765. The van der Waals surface area contributed by atoms with E-state index in [2.05, 4.69) is 10.2 Å². The highest BCUT2D eigenvalue weighted by atomic mass is 16.3. The largest absolute Gasteiger partial charge is 0.390 e. The molecule has 16 heavy (non-hydrogen) atoms. The minimum atomic E-state index is -1.41. The van der Waals surface area contributed by atoms with Crippen molar-refractivity contribution in [2.75, 3.05) is 0 Å². The second-order valence-electron chi connectivity index (χ2n) is 4.07. The van der Waals surface area contributed by atoms with Gasteiger partial charge in [-0.1, -0.05) is 0 Å². The van der Waals surface area contributed by atoms with Crippen molar-refractivity contribution in [3.8, 4) is 12.1 Å². The Balaban J connectivity index is 5.12. The van der Waals surface area contributed by atoms with Crippen molar-refractivity contribution in [1.82, 2.24) is 0 Å². The summed E-state index contributed by atoms with van der Waals surface area (Å²) in [7, 11) is 0. The molecule has 0 heterocycles.